The molecule has 0 bridgehead atoms. The largest absolute Gasteiger partial charge is 0.383 e. The Balaban J connectivity index is 2.25. The highest BCUT2D eigenvalue weighted by Gasteiger charge is 2.21. The van der Waals surface area contributed by atoms with Crippen LogP contribution in [-0.2, 0) is 4.74 Å². The van der Waals surface area contributed by atoms with Gasteiger partial charge in [-0.1, -0.05) is 13.8 Å². The van der Waals surface area contributed by atoms with Gasteiger partial charge in [0.25, 0.3) is 0 Å². The van der Waals surface area contributed by atoms with Crippen molar-refractivity contribution in [3.05, 3.63) is 0 Å². The van der Waals surface area contributed by atoms with E-state index in [0.29, 0.717) is 0 Å². The third-order valence-corrected chi connectivity index (χ3v) is 3.10. The topological polar surface area (TPSA) is 12.5 Å². The van der Waals surface area contributed by atoms with Gasteiger partial charge in [0.1, 0.15) is 0 Å². The maximum atomic E-state index is 5.10. The molecule has 2 nitrogen and oxygen atoms in total. The second-order valence-corrected chi connectivity index (χ2v) is 4.44. The van der Waals surface area contributed by atoms with E-state index in [1.807, 2.05) is 0 Å². The van der Waals surface area contributed by atoms with E-state index >= 15 is 0 Å². The van der Waals surface area contributed by atoms with Crippen molar-refractivity contribution in [2.24, 2.45) is 11.8 Å². The number of likely N-dealkylation sites (tertiary alicyclic amines) is 1. The first kappa shape index (κ1) is 11.0. The fourth-order valence-electron chi connectivity index (χ4n) is 2.06. The van der Waals surface area contributed by atoms with E-state index < -0.39 is 0 Å². The smallest absolute Gasteiger partial charge is 0.0589 e. The summed E-state index contributed by atoms with van der Waals surface area (Å²) < 4.78 is 5.10. The molecular formula is C11H23NO. The average molecular weight is 185 g/mol. The number of hydrogen-bond donors (Lipinski definition) is 0. The maximum absolute atomic E-state index is 5.10. The first-order chi connectivity index (χ1) is 6.24. The van der Waals surface area contributed by atoms with Crippen molar-refractivity contribution in [3.63, 3.8) is 0 Å². The normalized spacial score (nSPS) is 25.4. The summed E-state index contributed by atoms with van der Waals surface area (Å²) in [5, 5.41) is 0. The number of nitrogens with zero attached hydrogens (tertiary/aromatic N) is 1. The lowest BCUT2D eigenvalue weighted by molar-refractivity contribution is 0.101. The third-order valence-electron chi connectivity index (χ3n) is 3.10. The number of piperidine rings is 1. The predicted octanol–water partition coefficient (Wildman–Crippen LogP) is 2.00. The average Bonchev–Trinajstić information content (AvgIpc) is 2.15. The summed E-state index contributed by atoms with van der Waals surface area (Å²) in [5.74, 6) is 1.75. The second kappa shape index (κ2) is 5.61. The molecule has 13 heavy (non-hydrogen) atoms. The minimum atomic E-state index is 0.838. The summed E-state index contributed by atoms with van der Waals surface area (Å²) in [5.41, 5.74) is 0. The van der Waals surface area contributed by atoms with E-state index in [0.717, 1.165) is 25.0 Å². The van der Waals surface area contributed by atoms with Gasteiger partial charge in [0.2, 0.25) is 0 Å². The van der Waals surface area contributed by atoms with Crippen LogP contribution in [0, 0.1) is 11.8 Å². The van der Waals surface area contributed by atoms with E-state index in [-0.39, 0.29) is 0 Å². The molecule has 1 heterocycles. The summed E-state index contributed by atoms with van der Waals surface area (Å²) in [6.45, 7) is 9.22. The van der Waals surface area contributed by atoms with Crippen molar-refractivity contribution in [2.45, 2.75) is 26.7 Å². The Morgan fingerprint density at radius 2 is 2.23 bits per heavy atom. The molecule has 0 aliphatic carbocycles. The van der Waals surface area contributed by atoms with Crippen LogP contribution < -0.4 is 0 Å². The quantitative estimate of drug-likeness (QED) is 0.664. The summed E-state index contributed by atoms with van der Waals surface area (Å²) in [7, 11) is 1.78. The van der Waals surface area contributed by atoms with E-state index in [1.54, 1.807) is 7.11 Å². The van der Waals surface area contributed by atoms with Gasteiger partial charge in [-0.2, -0.15) is 0 Å². The van der Waals surface area contributed by atoms with Gasteiger partial charge < -0.3 is 9.64 Å². The van der Waals surface area contributed by atoms with Gasteiger partial charge in [-0.3, -0.25) is 0 Å². The number of methoxy groups -OCH3 is 1. The van der Waals surface area contributed by atoms with Gasteiger partial charge in [0.15, 0.2) is 0 Å². The van der Waals surface area contributed by atoms with E-state index in [4.69, 9.17) is 4.74 Å². The Hall–Kier alpha value is -0.0800. The van der Waals surface area contributed by atoms with Gasteiger partial charge >= 0.3 is 0 Å². The van der Waals surface area contributed by atoms with Crippen molar-refractivity contribution in [2.75, 3.05) is 33.4 Å². The highest BCUT2D eigenvalue weighted by molar-refractivity contribution is 4.74. The van der Waals surface area contributed by atoms with Gasteiger partial charge in [0.05, 0.1) is 6.61 Å². The third kappa shape index (κ3) is 3.65. The molecule has 0 aromatic rings. The molecular weight excluding hydrogens is 162 g/mol. The molecule has 1 rings (SSSR count). The number of ether oxygens (including phenoxy) is 1. The molecule has 78 valence electrons. The number of rotatable bonds is 4. The zero-order valence-corrected chi connectivity index (χ0v) is 9.25. The van der Waals surface area contributed by atoms with Crippen LogP contribution in [0.25, 0.3) is 0 Å². The van der Waals surface area contributed by atoms with Crippen LogP contribution >= 0.6 is 0 Å². The lowest BCUT2D eigenvalue weighted by Gasteiger charge is -2.34. The van der Waals surface area contributed by atoms with Gasteiger partial charge in [0, 0.05) is 20.2 Å². The summed E-state index contributed by atoms with van der Waals surface area (Å²) in [4.78, 5) is 2.54. The van der Waals surface area contributed by atoms with Crippen LogP contribution in [0.4, 0.5) is 0 Å². The van der Waals surface area contributed by atoms with E-state index in [9.17, 15) is 0 Å². The molecule has 0 spiro atoms. The van der Waals surface area contributed by atoms with Crippen LogP contribution in [0.15, 0.2) is 0 Å². The Labute approximate surface area is 82.3 Å². The second-order valence-electron chi connectivity index (χ2n) is 4.44. The Morgan fingerprint density at radius 1 is 1.46 bits per heavy atom. The molecule has 1 aliphatic rings. The fourth-order valence-corrected chi connectivity index (χ4v) is 2.06. The van der Waals surface area contributed by atoms with E-state index in [1.165, 1.54) is 25.9 Å². The van der Waals surface area contributed by atoms with Crippen LogP contribution in [0.1, 0.15) is 26.7 Å². The van der Waals surface area contributed by atoms with Crippen molar-refractivity contribution in [1.29, 1.82) is 0 Å². The first-order valence-electron chi connectivity index (χ1n) is 5.45. The van der Waals surface area contributed by atoms with E-state index in [2.05, 4.69) is 18.7 Å². The molecule has 2 heteroatoms. The van der Waals surface area contributed by atoms with Crippen LogP contribution in [0.3, 0.4) is 0 Å². The lowest BCUT2D eigenvalue weighted by Crippen LogP contribution is -2.39. The minimum Gasteiger partial charge on any atom is -0.383 e. The van der Waals surface area contributed by atoms with Gasteiger partial charge in [-0.25, -0.2) is 0 Å². The van der Waals surface area contributed by atoms with Crippen LogP contribution in [-0.4, -0.2) is 38.3 Å². The van der Waals surface area contributed by atoms with Crippen molar-refractivity contribution in [1.82, 2.24) is 4.90 Å². The van der Waals surface area contributed by atoms with Crippen LogP contribution in [0.2, 0.25) is 0 Å². The molecule has 0 saturated carbocycles. The Morgan fingerprint density at radius 3 is 2.85 bits per heavy atom. The zero-order valence-electron chi connectivity index (χ0n) is 9.25. The molecule has 1 atom stereocenters. The molecule has 0 aromatic heterocycles. The number of hydrogen-bond acceptors (Lipinski definition) is 2. The predicted molar refractivity (Wildman–Crippen MR) is 55.9 cm³/mol. The summed E-state index contributed by atoms with van der Waals surface area (Å²) in [6.07, 6.45) is 2.79. The van der Waals surface area contributed by atoms with Crippen molar-refractivity contribution in [3.8, 4) is 0 Å². The Kier molecular flexibility index (Phi) is 4.74. The molecule has 1 aliphatic heterocycles. The standard InChI is InChI=1S/C11H23NO/c1-10(2)11-5-4-6-12(9-11)7-8-13-3/h10-11H,4-9H2,1-3H3/t11-/m1/s1. The van der Waals surface area contributed by atoms with Crippen molar-refractivity contribution >= 4 is 0 Å². The van der Waals surface area contributed by atoms with Gasteiger partial charge in [-0.05, 0) is 31.2 Å². The molecule has 0 amide bonds. The lowest BCUT2D eigenvalue weighted by atomic mass is 9.88. The first-order valence-corrected chi connectivity index (χ1v) is 5.45. The fraction of sp³-hybridized carbons (Fsp3) is 1.00. The van der Waals surface area contributed by atoms with Crippen molar-refractivity contribution < 1.29 is 4.74 Å². The highest BCUT2D eigenvalue weighted by Crippen LogP contribution is 2.22. The SMILES string of the molecule is COCCN1CCC[C@@H](C(C)C)C1. The minimum absolute atomic E-state index is 0.838. The molecule has 0 aromatic carbocycles. The Bertz CT molecular complexity index is 136. The van der Waals surface area contributed by atoms with Crippen LogP contribution in [0.5, 0.6) is 0 Å². The van der Waals surface area contributed by atoms with Gasteiger partial charge in [-0.15, -0.1) is 0 Å². The molecule has 0 radical (unpaired) electrons. The molecule has 0 N–H and O–H groups in total. The highest BCUT2D eigenvalue weighted by atomic mass is 16.5. The zero-order chi connectivity index (χ0) is 9.68. The molecule has 1 saturated heterocycles. The molecule has 1 fully saturated rings. The summed E-state index contributed by atoms with van der Waals surface area (Å²) in [6, 6.07) is 0. The molecule has 0 unspecified atom stereocenters. The maximum Gasteiger partial charge on any atom is 0.0589 e. The monoisotopic (exact) mass is 185 g/mol. The summed E-state index contributed by atoms with van der Waals surface area (Å²) >= 11 is 0.